The monoisotopic (exact) mass is 262 g/mol. The SMILES string of the molecule is CCC1CN(CCCOC)C(c2ccccc2)CN1. The quantitative estimate of drug-likeness (QED) is 0.797. The zero-order valence-electron chi connectivity index (χ0n) is 12.1. The van der Waals surface area contributed by atoms with Gasteiger partial charge < -0.3 is 10.1 Å². The van der Waals surface area contributed by atoms with Gasteiger partial charge in [-0.15, -0.1) is 0 Å². The lowest BCUT2D eigenvalue weighted by Crippen LogP contribution is -2.52. The molecule has 2 atom stereocenters. The Labute approximate surface area is 116 Å². The lowest BCUT2D eigenvalue weighted by atomic mass is 10.00. The molecule has 0 amide bonds. The fraction of sp³-hybridized carbons (Fsp3) is 0.625. The fourth-order valence-electron chi connectivity index (χ4n) is 2.82. The van der Waals surface area contributed by atoms with Gasteiger partial charge in [-0.1, -0.05) is 37.3 Å². The summed E-state index contributed by atoms with van der Waals surface area (Å²) in [4.78, 5) is 2.61. The molecule has 106 valence electrons. The Morgan fingerprint density at radius 3 is 2.79 bits per heavy atom. The number of piperazine rings is 1. The molecule has 2 unspecified atom stereocenters. The van der Waals surface area contributed by atoms with Crippen LogP contribution >= 0.6 is 0 Å². The van der Waals surface area contributed by atoms with Crippen LogP contribution in [0.1, 0.15) is 31.4 Å². The van der Waals surface area contributed by atoms with Gasteiger partial charge in [0.2, 0.25) is 0 Å². The average molecular weight is 262 g/mol. The Bertz CT molecular complexity index is 355. The van der Waals surface area contributed by atoms with Gasteiger partial charge in [-0.3, -0.25) is 4.90 Å². The molecule has 1 aromatic rings. The summed E-state index contributed by atoms with van der Waals surface area (Å²) in [5.74, 6) is 0. The minimum absolute atomic E-state index is 0.501. The van der Waals surface area contributed by atoms with Gasteiger partial charge in [-0.2, -0.15) is 0 Å². The molecule has 0 radical (unpaired) electrons. The van der Waals surface area contributed by atoms with Crippen LogP contribution in [0.3, 0.4) is 0 Å². The van der Waals surface area contributed by atoms with Crippen molar-refractivity contribution in [3.63, 3.8) is 0 Å². The summed E-state index contributed by atoms with van der Waals surface area (Å²) in [5, 5.41) is 3.66. The predicted molar refractivity (Wildman–Crippen MR) is 79.3 cm³/mol. The van der Waals surface area contributed by atoms with Crippen molar-refractivity contribution in [1.82, 2.24) is 10.2 Å². The van der Waals surface area contributed by atoms with Crippen molar-refractivity contribution >= 4 is 0 Å². The number of hydrogen-bond acceptors (Lipinski definition) is 3. The average Bonchev–Trinajstić information content (AvgIpc) is 2.48. The summed E-state index contributed by atoms with van der Waals surface area (Å²) in [6.45, 7) is 6.41. The highest BCUT2D eigenvalue weighted by atomic mass is 16.5. The molecule has 1 aliphatic heterocycles. The van der Waals surface area contributed by atoms with E-state index in [1.165, 1.54) is 12.0 Å². The van der Waals surface area contributed by atoms with Crippen LogP contribution in [-0.2, 0) is 4.74 Å². The molecule has 1 aromatic carbocycles. The molecule has 1 heterocycles. The Hall–Kier alpha value is -0.900. The molecule has 1 fully saturated rings. The second kappa shape index (κ2) is 7.63. The van der Waals surface area contributed by atoms with Crippen LogP contribution in [0.15, 0.2) is 30.3 Å². The van der Waals surface area contributed by atoms with Crippen LogP contribution in [0.2, 0.25) is 0 Å². The first-order valence-electron chi connectivity index (χ1n) is 7.36. The van der Waals surface area contributed by atoms with E-state index in [0.29, 0.717) is 12.1 Å². The number of rotatable bonds is 6. The van der Waals surface area contributed by atoms with Crippen molar-refractivity contribution < 1.29 is 4.74 Å². The highest BCUT2D eigenvalue weighted by Gasteiger charge is 2.27. The van der Waals surface area contributed by atoms with E-state index < -0.39 is 0 Å². The number of benzene rings is 1. The molecule has 0 spiro atoms. The van der Waals surface area contributed by atoms with Gasteiger partial charge in [0.1, 0.15) is 0 Å². The maximum Gasteiger partial charge on any atom is 0.0474 e. The molecule has 3 heteroatoms. The van der Waals surface area contributed by atoms with Gasteiger partial charge in [0.25, 0.3) is 0 Å². The summed E-state index contributed by atoms with van der Waals surface area (Å²) in [6.07, 6.45) is 2.30. The van der Waals surface area contributed by atoms with E-state index in [-0.39, 0.29) is 0 Å². The molecule has 1 saturated heterocycles. The van der Waals surface area contributed by atoms with Crippen molar-refractivity contribution in [2.24, 2.45) is 0 Å². The van der Waals surface area contributed by atoms with Crippen LogP contribution in [0.5, 0.6) is 0 Å². The molecular formula is C16H26N2O. The van der Waals surface area contributed by atoms with E-state index in [4.69, 9.17) is 4.74 Å². The fourth-order valence-corrected chi connectivity index (χ4v) is 2.82. The topological polar surface area (TPSA) is 24.5 Å². The summed E-state index contributed by atoms with van der Waals surface area (Å²) < 4.78 is 5.18. The second-order valence-corrected chi connectivity index (χ2v) is 5.28. The first-order chi connectivity index (χ1) is 9.35. The predicted octanol–water partition coefficient (Wildman–Crippen LogP) is 2.45. The van der Waals surface area contributed by atoms with E-state index >= 15 is 0 Å². The van der Waals surface area contributed by atoms with Crippen LogP contribution in [-0.4, -0.2) is 44.3 Å². The molecular weight excluding hydrogens is 236 g/mol. The standard InChI is InChI=1S/C16H26N2O/c1-3-15-13-18(10-7-11-19-2)16(12-17-15)14-8-5-4-6-9-14/h4-6,8-9,15-17H,3,7,10-13H2,1-2H3. The van der Waals surface area contributed by atoms with Crippen molar-refractivity contribution in [3.8, 4) is 0 Å². The van der Waals surface area contributed by atoms with Gasteiger partial charge in [0.15, 0.2) is 0 Å². The third-order valence-electron chi connectivity index (χ3n) is 3.97. The van der Waals surface area contributed by atoms with E-state index in [1.807, 2.05) is 0 Å². The molecule has 0 saturated carbocycles. The molecule has 19 heavy (non-hydrogen) atoms. The van der Waals surface area contributed by atoms with Gasteiger partial charge in [-0.25, -0.2) is 0 Å². The number of nitrogens with one attached hydrogen (secondary N) is 1. The largest absolute Gasteiger partial charge is 0.385 e. The zero-order chi connectivity index (χ0) is 13.5. The summed E-state index contributed by atoms with van der Waals surface area (Å²) in [5.41, 5.74) is 1.42. The first-order valence-corrected chi connectivity index (χ1v) is 7.36. The Morgan fingerprint density at radius 2 is 2.11 bits per heavy atom. The smallest absolute Gasteiger partial charge is 0.0474 e. The molecule has 2 rings (SSSR count). The van der Waals surface area contributed by atoms with E-state index in [9.17, 15) is 0 Å². The normalized spacial score (nSPS) is 24.5. The van der Waals surface area contributed by atoms with E-state index in [1.54, 1.807) is 7.11 Å². The summed E-state index contributed by atoms with van der Waals surface area (Å²) in [6, 6.07) is 12.0. The second-order valence-electron chi connectivity index (χ2n) is 5.28. The van der Waals surface area contributed by atoms with Gasteiger partial charge in [0.05, 0.1) is 0 Å². The maximum atomic E-state index is 5.18. The zero-order valence-corrected chi connectivity index (χ0v) is 12.1. The minimum Gasteiger partial charge on any atom is -0.385 e. The number of hydrogen-bond donors (Lipinski definition) is 1. The Kier molecular flexibility index (Phi) is 5.83. The molecule has 0 aliphatic carbocycles. The molecule has 1 N–H and O–H groups in total. The van der Waals surface area contributed by atoms with Crippen molar-refractivity contribution in [3.05, 3.63) is 35.9 Å². The summed E-state index contributed by atoms with van der Waals surface area (Å²) in [7, 11) is 1.78. The van der Waals surface area contributed by atoms with Crippen LogP contribution in [0, 0.1) is 0 Å². The van der Waals surface area contributed by atoms with Gasteiger partial charge in [-0.05, 0) is 18.4 Å². The molecule has 0 aromatic heterocycles. The third-order valence-corrected chi connectivity index (χ3v) is 3.97. The van der Waals surface area contributed by atoms with Crippen LogP contribution in [0.25, 0.3) is 0 Å². The van der Waals surface area contributed by atoms with Crippen molar-refractivity contribution in [1.29, 1.82) is 0 Å². The number of ether oxygens (including phenoxy) is 1. The molecule has 0 bridgehead atoms. The minimum atomic E-state index is 0.501. The van der Waals surface area contributed by atoms with Gasteiger partial charge in [0, 0.05) is 45.4 Å². The summed E-state index contributed by atoms with van der Waals surface area (Å²) >= 11 is 0. The van der Waals surface area contributed by atoms with Crippen LogP contribution < -0.4 is 5.32 Å². The van der Waals surface area contributed by atoms with Crippen molar-refractivity contribution in [2.45, 2.75) is 31.8 Å². The maximum absolute atomic E-state index is 5.18. The van der Waals surface area contributed by atoms with Crippen molar-refractivity contribution in [2.75, 3.05) is 33.4 Å². The number of nitrogens with zero attached hydrogens (tertiary/aromatic N) is 1. The van der Waals surface area contributed by atoms with E-state index in [2.05, 4.69) is 47.5 Å². The Balaban J connectivity index is 2.02. The lowest BCUT2D eigenvalue weighted by Gasteiger charge is -2.40. The van der Waals surface area contributed by atoms with Gasteiger partial charge >= 0.3 is 0 Å². The Morgan fingerprint density at radius 1 is 1.32 bits per heavy atom. The highest BCUT2D eigenvalue weighted by Crippen LogP contribution is 2.24. The lowest BCUT2D eigenvalue weighted by molar-refractivity contribution is 0.109. The van der Waals surface area contributed by atoms with E-state index in [0.717, 1.165) is 32.7 Å². The number of methoxy groups -OCH3 is 1. The third kappa shape index (κ3) is 4.03. The molecule has 1 aliphatic rings. The molecule has 3 nitrogen and oxygen atoms in total. The van der Waals surface area contributed by atoms with Crippen LogP contribution in [0.4, 0.5) is 0 Å². The highest BCUT2D eigenvalue weighted by molar-refractivity contribution is 5.20. The first kappa shape index (κ1) is 14.5.